The lowest BCUT2D eigenvalue weighted by Crippen LogP contribution is -2.50. The molecule has 44 heavy (non-hydrogen) atoms. The summed E-state index contributed by atoms with van der Waals surface area (Å²) in [6, 6.07) is 15.2. The molecule has 10 heteroatoms. The first kappa shape index (κ1) is 25.0. The van der Waals surface area contributed by atoms with Crippen LogP contribution in [0.4, 0.5) is 17.3 Å². The molecule has 7 aliphatic rings. The first-order valence-electron chi connectivity index (χ1n) is 15.5. The van der Waals surface area contributed by atoms with Gasteiger partial charge in [0, 0.05) is 49.2 Å². The fourth-order valence-corrected chi connectivity index (χ4v) is 9.96. The Balaban J connectivity index is 1.25. The van der Waals surface area contributed by atoms with Crippen molar-refractivity contribution in [3.63, 3.8) is 0 Å². The first-order valence-corrected chi connectivity index (χ1v) is 15.5. The number of benzene rings is 2. The largest absolute Gasteiger partial charge is 0.737 e. The Morgan fingerprint density at radius 3 is 1.32 bits per heavy atom. The van der Waals surface area contributed by atoms with Gasteiger partial charge in [-0.3, -0.25) is 0 Å². The van der Waals surface area contributed by atoms with Gasteiger partial charge in [0.2, 0.25) is 0 Å². The van der Waals surface area contributed by atoms with Gasteiger partial charge in [-0.05, 0) is 84.6 Å². The van der Waals surface area contributed by atoms with Crippen LogP contribution < -0.4 is 0 Å². The molecule has 6 heterocycles. The molecule has 2 aromatic carbocycles. The maximum absolute atomic E-state index is 16.8. The van der Waals surface area contributed by atoms with Crippen LogP contribution in [0.5, 0.6) is 0 Å². The van der Waals surface area contributed by atoms with Crippen LogP contribution in [0.1, 0.15) is 106 Å². The zero-order chi connectivity index (χ0) is 30.2. The predicted molar refractivity (Wildman–Crippen MR) is 167 cm³/mol. The van der Waals surface area contributed by atoms with Gasteiger partial charge in [-0.25, -0.2) is 0 Å². The summed E-state index contributed by atoms with van der Waals surface area (Å²) in [6.45, 7) is -1.19. The lowest BCUT2D eigenvalue weighted by molar-refractivity contribution is -0.319. The molecular formula is C34H28B2F4N4. The molecule has 3 aliphatic carbocycles. The summed E-state index contributed by atoms with van der Waals surface area (Å²) < 4.78 is 72.2. The topological polar surface area (TPSA) is 15.9 Å². The molecule has 0 spiro atoms. The highest BCUT2D eigenvalue weighted by Gasteiger charge is 2.60. The van der Waals surface area contributed by atoms with Crippen molar-refractivity contribution in [3.8, 4) is 0 Å². The van der Waals surface area contributed by atoms with Gasteiger partial charge < -0.3 is 35.2 Å². The summed E-state index contributed by atoms with van der Waals surface area (Å²) in [7, 11) is 0. The summed E-state index contributed by atoms with van der Waals surface area (Å²) in [5, 5.41) is 0. The van der Waals surface area contributed by atoms with E-state index >= 15 is 17.3 Å². The van der Waals surface area contributed by atoms with Gasteiger partial charge in [-0.1, -0.05) is 24.3 Å². The van der Waals surface area contributed by atoms with Crippen LogP contribution in [0.3, 0.4) is 0 Å². The average molecular weight is 590 g/mol. The monoisotopic (exact) mass is 590 g/mol. The second-order valence-corrected chi connectivity index (χ2v) is 13.3. The Kier molecular flexibility index (Phi) is 4.26. The van der Waals surface area contributed by atoms with Gasteiger partial charge in [0.25, 0.3) is 0 Å². The van der Waals surface area contributed by atoms with Gasteiger partial charge in [-0.2, -0.15) is 0 Å². The molecule has 4 aromatic rings. The first-order chi connectivity index (χ1) is 21.0. The summed E-state index contributed by atoms with van der Waals surface area (Å²) in [5.74, 6) is -0.432. The van der Waals surface area contributed by atoms with E-state index in [9.17, 15) is 0 Å². The molecule has 2 atom stereocenters. The second kappa shape index (κ2) is 7.48. The molecule has 0 unspecified atom stereocenters. The van der Waals surface area contributed by atoms with Gasteiger partial charge in [0.05, 0.1) is 22.3 Å². The molecule has 0 fully saturated rings. The Labute approximate surface area is 252 Å². The van der Waals surface area contributed by atoms with Crippen LogP contribution in [0.2, 0.25) is 0 Å². The molecule has 2 aromatic heterocycles. The molecule has 0 radical (unpaired) electrons. The Hall–Kier alpha value is -4.33. The van der Waals surface area contributed by atoms with Crippen LogP contribution in [0.25, 0.3) is 23.5 Å². The summed E-state index contributed by atoms with van der Waals surface area (Å²) >= 11 is 0. The van der Waals surface area contributed by atoms with Gasteiger partial charge in [-0.15, -0.1) is 0 Å². The Morgan fingerprint density at radius 2 is 0.932 bits per heavy atom. The van der Waals surface area contributed by atoms with Crippen LogP contribution >= 0.6 is 0 Å². The molecule has 4 aliphatic heterocycles. The van der Waals surface area contributed by atoms with Crippen LogP contribution in [-0.2, 0) is 0 Å². The van der Waals surface area contributed by atoms with Gasteiger partial charge >= 0.3 is 13.9 Å². The standard InChI is InChI=1S/C34H28B2F4N4/c1-17-21-9-5-7-11-23(21)27-15-29-33-26-14-13-25(31(33)19(3)43(29)35(37,38)41(17)27)34-30-16-28-24-12-8-6-10-22(24)18(2)42(28)36(39,40)44(30)20(4)32(26)34/h5-12,15-16,25-26H,13-14H2,1-4H3/t25-,26-/m0/s1. The number of hydrogen-bond donors (Lipinski definition) is 0. The lowest BCUT2D eigenvalue weighted by atomic mass is 9.64. The fourth-order valence-electron chi connectivity index (χ4n) is 9.96. The molecule has 0 N–H and O–H groups in total. The molecule has 0 saturated carbocycles. The predicted octanol–water partition coefficient (Wildman–Crippen LogP) is 7.42. The van der Waals surface area contributed by atoms with Crippen molar-refractivity contribution >= 4 is 48.9 Å². The molecule has 0 saturated heterocycles. The molecular weight excluding hydrogens is 562 g/mol. The fraction of sp³-hybridized carbons (Fsp3) is 0.235. The highest BCUT2D eigenvalue weighted by Crippen LogP contribution is 2.61. The zero-order valence-electron chi connectivity index (χ0n) is 24.8. The van der Waals surface area contributed by atoms with E-state index in [1.54, 1.807) is 27.7 Å². The number of aromatic nitrogens is 2. The molecule has 4 nitrogen and oxygen atoms in total. The van der Waals surface area contributed by atoms with E-state index in [2.05, 4.69) is 0 Å². The van der Waals surface area contributed by atoms with E-state index in [4.69, 9.17) is 0 Å². The third-order valence-electron chi connectivity index (χ3n) is 11.5. The van der Waals surface area contributed by atoms with Crippen molar-refractivity contribution < 1.29 is 26.2 Å². The quantitative estimate of drug-likeness (QED) is 0.150. The second-order valence-electron chi connectivity index (χ2n) is 13.3. The molecule has 0 amide bonds. The van der Waals surface area contributed by atoms with E-state index in [-0.39, 0.29) is 11.8 Å². The highest BCUT2D eigenvalue weighted by molar-refractivity contribution is 6.60. The zero-order valence-corrected chi connectivity index (χ0v) is 24.8. The van der Waals surface area contributed by atoms with Crippen molar-refractivity contribution in [2.75, 3.05) is 0 Å². The molecule has 2 bridgehead atoms. The van der Waals surface area contributed by atoms with Crippen molar-refractivity contribution in [3.05, 3.63) is 116 Å². The van der Waals surface area contributed by atoms with E-state index in [0.717, 1.165) is 57.3 Å². The summed E-state index contributed by atoms with van der Waals surface area (Å²) in [6.07, 6.45) is 5.37. The molecule has 11 rings (SSSR count). The van der Waals surface area contributed by atoms with E-state index in [0.29, 0.717) is 45.6 Å². The van der Waals surface area contributed by atoms with Gasteiger partial charge in [0.1, 0.15) is 11.4 Å². The highest BCUT2D eigenvalue weighted by atomic mass is 19.3. The Morgan fingerprint density at radius 1 is 0.568 bits per heavy atom. The van der Waals surface area contributed by atoms with E-state index < -0.39 is 13.9 Å². The average Bonchev–Trinajstić information content (AvgIpc) is 3.69. The van der Waals surface area contributed by atoms with Crippen molar-refractivity contribution in [1.82, 2.24) is 8.96 Å². The van der Waals surface area contributed by atoms with Crippen LogP contribution in [-0.4, -0.2) is 43.3 Å². The van der Waals surface area contributed by atoms with E-state index in [1.807, 2.05) is 60.7 Å². The summed E-state index contributed by atoms with van der Waals surface area (Å²) in [4.78, 5) is 0. The third kappa shape index (κ3) is 2.49. The third-order valence-corrected chi connectivity index (χ3v) is 11.5. The summed E-state index contributed by atoms with van der Waals surface area (Å²) in [5.41, 5.74) is 11.2. The smallest absolute Gasteiger partial charge is 0.393 e. The maximum atomic E-state index is 16.8. The minimum absolute atomic E-state index is 0.216. The minimum atomic E-state index is -4.16. The number of halogens is 4. The number of rotatable bonds is 0. The lowest BCUT2D eigenvalue weighted by Gasteiger charge is -2.39. The molecule has 218 valence electrons. The van der Waals surface area contributed by atoms with Crippen LogP contribution in [0.15, 0.2) is 48.5 Å². The van der Waals surface area contributed by atoms with E-state index in [1.165, 1.54) is 17.9 Å². The SMILES string of the molecule is CC1=[N+]2C(=Cc3c4c(c(C)n3[B-]2(F)F)[C@@H]2CC[C@H]4c3c2c2n(c3C)[B-](F)(F)[N+]3=C(C)c4ccccc4C3=C2)c2ccccc21. The van der Waals surface area contributed by atoms with Crippen molar-refractivity contribution in [1.29, 1.82) is 0 Å². The minimum Gasteiger partial charge on any atom is -0.393 e. The normalized spacial score (nSPS) is 23.7. The van der Waals surface area contributed by atoms with Crippen LogP contribution in [0, 0.1) is 13.8 Å². The number of fused-ring (bicyclic) bond motifs is 9. The van der Waals surface area contributed by atoms with Gasteiger partial charge in [0.15, 0.2) is 11.4 Å². The maximum Gasteiger partial charge on any atom is 0.737 e. The number of nitrogens with zero attached hydrogens (tertiary/aromatic N) is 4. The van der Waals surface area contributed by atoms with Crippen molar-refractivity contribution in [2.24, 2.45) is 0 Å². The van der Waals surface area contributed by atoms with Crippen molar-refractivity contribution in [2.45, 2.75) is 52.4 Å². The number of hydrogen-bond acceptors (Lipinski definition) is 0. The Bertz CT molecular complexity index is 2090.